The number of aliphatic carboxylic acids is 1. The number of amides is 10. The number of aliphatic hydroxyl groups excluding tert-OH is 2. The number of nitrogens with one attached hydrogen (secondary N) is 4. The Hall–Kier alpha value is -5.43. The van der Waals surface area contributed by atoms with Crippen molar-refractivity contribution < 1.29 is 83.7 Å². The number of carboxylic acid groups (broad SMARTS) is 1. The topological polar surface area (TPSA) is 367 Å². The second-order valence-electron chi connectivity index (χ2n) is 14.2. The minimum Gasteiger partial charge on any atom is -0.480 e. The lowest BCUT2D eigenvalue weighted by Crippen LogP contribution is -2.58. The normalized spacial score (nSPS) is 13.2. The van der Waals surface area contributed by atoms with Gasteiger partial charge in [-0.2, -0.15) is 15.2 Å². The van der Waals surface area contributed by atoms with Crippen LogP contribution in [-0.4, -0.2) is 150 Å². The standard InChI is InChI=1S/C37H61N7O17/c1-2-3-4-5-6-7-8-9-10-11-12-13-25(49)20-30(50)38-26(14-17-31(51)42(59)22-46)34(54)39-27(15-18-32(52)43(60)23-47)35(55)41-29(21-45)36(56)40-28(37(57)58)16-19-33(53)44(61)24-48/h22-29,45,49,59-61H,2-21H2,1H3,(H,38,50)(H,39,54)(H,40,56)(H,41,55)(H,57,58)/t25?,26-,27-,28-,29-/m0/s1. The Labute approximate surface area is 352 Å². The summed E-state index contributed by atoms with van der Waals surface area (Å²) in [7, 11) is 0. The minimum atomic E-state index is -1.96. The molecule has 0 saturated carbocycles. The van der Waals surface area contributed by atoms with Crippen molar-refractivity contribution in [2.45, 2.75) is 159 Å². The van der Waals surface area contributed by atoms with E-state index in [9.17, 15) is 78.5 Å². The monoisotopic (exact) mass is 875 g/mol. The van der Waals surface area contributed by atoms with Gasteiger partial charge in [0.2, 0.25) is 42.9 Å². The molecule has 0 heterocycles. The van der Waals surface area contributed by atoms with Crippen molar-refractivity contribution >= 4 is 66.5 Å². The highest BCUT2D eigenvalue weighted by atomic mass is 16.5. The van der Waals surface area contributed by atoms with Gasteiger partial charge in [0, 0.05) is 19.3 Å². The molecule has 24 heteroatoms. The number of rotatable bonds is 35. The molecule has 0 aromatic rings. The molecule has 0 aliphatic carbocycles. The molecular weight excluding hydrogens is 814 g/mol. The first-order valence-electron chi connectivity index (χ1n) is 20.1. The molecule has 0 spiro atoms. The fraction of sp³-hybridized carbons (Fsp3) is 0.703. The molecule has 0 bridgehead atoms. The van der Waals surface area contributed by atoms with E-state index >= 15 is 0 Å². The van der Waals surface area contributed by atoms with E-state index in [0.29, 0.717) is 6.42 Å². The van der Waals surface area contributed by atoms with Gasteiger partial charge in [0.25, 0.3) is 17.7 Å². The maximum Gasteiger partial charge on any atom is 0.326 e. The molecule has 24 nitrogen and oxygen atoms in total. The molecule has 0 aliphatic heterocycles. The van der Waals surface area contributed by atoms with E-state index in [0.717, 1.165) is 32.1 Å². The van der Waals surface area contributed by atoms with Crippen molar-refractivity contribution in [2.75, 3.05) is 6.61 Å². The van der Waals surface area contributed by atoms with Crippen LogP contribution in [0.15, 0.2) is 0 Å². The summed E-state index contributed by atoms with van der Waals surface area (Å²) in [5.41, 5.74) is 0. The summed E-state index contributed by atoms with van der Waals surface area (Å²) in [5.74, 6) is -10.1. The van der Waals surface area contributed by atoms with E-state index in [2.05, 4.69) is 17.6 Å². The Morgan fingerprint density at radius 2 is 0.852 bits per heavy atom. The maximum atomic E-state index is 13.6. The van der Waals surface area contributed by atoms with Crippen LogP contribution < -0.4 is 21.3 Å². The summed E-state index contributed by atoms with van der Waals surface area (Å²) < 4.78 is 0. The van der Waals surface area contributed by atoms with Crippen molar-refractivity contribution in [1.29, 1.82) is 0 Å². The van der Waals surface area contributed by atoms with E-state index in [1.807, 2.05) is 10.6 Å². The van der Waals surface area contributed by atoms with Crippen LogP contribution in [0.2, 0.25) is 0 Å². The molecule has 10 N–H and O–H groups in total. The average Bonchev–Trinajstić information content (AvgIpc) is 3.24. The first kappa shape index (κ1) is 55.6. The zero-order chi connectivity index (χ0) is 46.3. The highest BCUT2D eigenvalue weighted by Gasteiger charge is 2.33. The predicted octanol–water partition coefficient (Wildman–Crippen LogP) is -1.08. The Kier molecular flexibility index (Phi) is 29.5. The molecule has 0 fully saturated rings. The summed E-state index contributed by atoms with van der Waals surface area (Å²) in [4.78, 5) is 133. The quantitative estimate of drug-likeness (QED) is 0.0157. The number of nitrogens with zero attached hydrogens (tertiary/aromatic N) is 3. The zero-order valence-corrected chi connectivity index (χ0v) is 34.3. The number of hydrogen-bond donors (Lipinski definition) is 10. The summed E-state index contributed by atoms with van der Waals surface area (Å²) in [6.45, 7) is 0.972. The van der Waals surface area contributed by atoms with E-state index in [1.165, 1.54) is 32.1 Å². The molecule has 10 amide bonds. The Morgan fingerprint density at radius 1 is 0.508 bits per heavy atom. The van der Waals surface area contributed by atoms with Crippen LogP contribution in [0.5, 0.6) is 0 Å². The zero-order valence-electron chi connectivity index (χ0n) is 34.3. The van der Waals surface area contributed by atoms with Gasteiger partial charge in [-0.1, -0.05) is 77.6 Å². The minimum absolute atomic E-state index is 0.232. The maximum absolute atomic E-state index is 13.6. The molecule has 1 unspecified atom stereocenters. The third-order valence-corrected chi connectivity index (χ3v) is 9.28. The lowest BCUT2D eigenvalue weighted by Gasteiger charge is -2.26. The molecule has 5 atom stereocenters. The molecule has 0 radical (unpaired) electrons. The van der Waals surface area contributed by atoms with Crippen LogP contribution in [0.3, 0.4) is 0 Å². The van der Waals surface area contributed by atoms with E-state index in [-0.39, 0.29) is 40.8 Å². The van der Waals surface area contributed by atoms with Crippen molar-refractivity contribution in [2.24, 2.45) is 0 Å². The van der Waals surface area contributed by atoms with Crippen LogP contribution in [-0.2, 0) is 52.7 Å². The molecule has 0 saturated heterocycles. The van der Waals surface area contributed by atoms with Crippen molar-refractivity contribution in [3.63, 3.8) is 0 Å². The molecule has 0 aliphatic rings. The smallest absolute Gasteiger partial charge is 0.326 e. The Balaban J connectivity index is 5.89. The third kappa shape index (κ3) is 24.4. The second kappa shape index (κ2) is 32.4. The molecular formula is C37H61N7O17. The Morgan fingerprint density at radius 3 is 1.25 bits per heavy atom. The summed E-state index contributed by atoms with van der Waals surface area (Å²) in [6.07, 6.45) is 5.34. The molecule has 346 valence electrons. The molecule has 0 rings (SSSR count). The lowest BCUT2D eigenvalue weighted by molar-refractivity contribution is -0.171. The number of carbonyl (C=O) groups is 11. The van der Waals surface area contributed by atoms with Gasteiger partial charge in [-0.25, -0.2) is 4.79 Å². The van der Waals surface area contributed by atoms with Gasteiger partial charge in [0.05, 0.1) is 19.1 Å². The number of hydrogen-bond acceptors (Lipinski definition) is 16. The predicted molar refractivity (Wildman–Crippen MR) is 206 cm³/mol. The van der Waals surface area contributed by atoms with Gasteiger partial charge in [0.15, 0.2) is 0 Å². The van der Waals surface area contributed by atoms with E-state index in [4.69, 9.17) is 5.21 Å². The van der Waals surface area contributed by atoms with Crippen molar-refractivity contribution in [3.05, 3.63) is 0 Å². The largest absolute Gasteiger partial charge is 0.480 e. The van der Waals surface area contributed by atoms with Gasteiger partial charge in [-0.15, -0.1) is 0 Å². The Bertz CT molecular complexity index is 1450. The summed E-state index contributed by atoms with van der Waals surface area (Å²) in [6, 6.07) is -7.39. The number of unbranched alkanes of at least 4 members (excludes halogenated alkanes) is 10. The van der Waals surface area contributed by atoms with Crippen LogP contribution in [0.1, 0.15) is 129 Å². The summed E-state index contributed by atoms with van der Waals surface area (Å²) in [5, 5.41) is 65.3. The van der Waals surface area contributed by atoms with Crippen LogP contribution in [0, 0.1) is 0 Å². The van der Waals surface area contributed by atoms with Gasteiger partial charge in [0.1, 0.15) is 24.2 Å². The van der Waals surface area contributed by atoms with Gasteiger partial charge in [-0.3, -0.25) is 63.6 Å². The van der Waals surface area contributed by atoms with Gasteiger partial charge < -0.3 is 36.6 Å². The number of carboxylic acids is 1. The number of hydroxylamine groups is 6. The average molecular weight is 876 g/mol. The number of imide groups is 3. The second-order valence-corrected chi connectivity index (χ2v) is 14.2. The molecule has 0 aromatic heterocycles. The van der Waals surface area contributed by atoms with Gasteiger partial charge in [-0.05, 0) is 25.7 Å². The first-order chi connectivity index (χ1) is 28.9. The number of aliphatic hydroxyl groups is 2. The number of carbonyl (C=O) groups excluding carboxylic acids is 10. The lowest BCUT2D eigenvalue weighted by atomic mass is 10.0. The SMILES string of the molecule is CCCCCCCCCCCCCC(O)CC(=O)N[C@@H](CCC(=O)N(O)C=O)C(=O)N[C@@H](CCC(=O)N(O)C=O)C(=O)N[C@@H](CO)C(=O)N[C@@H](CCC(=O)N(O)C=O)C(=O)O. The highest BCUT2D eigenvalue weighted by Crippen LogP contribution is 2.14. The first-order valence-corrected chi connectivity index (χ1v) is 20.1. The van der Waals surface area contributed by atoms with E-state index < -0.39 is 129 Å². The fourth-order valence-corrected chi connectivity index (χ4v) is 5.74. The summed E-state index contributed by atoms with van der Waals surface area (Å²) >= 11 is 0. The van der Waals surface area contributed by atoms with Crippen molar-refractivity contribution in [1.82, 2.24) is 36.5 Å². The van der Waals surface area contributed by atoms with Gasteiger partial charge >= 0.3 is 5.97 Å². The fourth-order valence-electron chi connectivity index (χ4n) is 5.74. The molecule has 61 heavy (non-hydrogen) atoms. The molecule has 0 aromatic carbocycles. The van der Waals surface area contributed by atoms with Crippen LogP contribution in [0.4, 0.5) is 0 Å². The van der Waals surface area contributed by atoms with Crippen molar-refractivity contribution in [3.8, 4) is 0 Å². The van der Waals surface area contributed by atoms with Crippen LogP contribution in [0.25, 0.3) is 0 Å². The van der Waals surface area contributed by atoms with E-state index in [1.54, 1.807) is 0 Å². The highest BCUT2D eigenvalue weighted by molar-refractivity contribution is 5.96. The third-order valence-electron chi connectivity index (χ3n) is 9.28. The van der Waals surface area contributed by atoms with Crippen LogP contribution >= 0.6 is 0 Å².